The molecule has 0 aromatic heterocycles. The molecule has 77 valence electrons. The zero-order valence-electron chi connectivity index (χ0n) is 9.17. The van der Waals surface area contributed by atoms with E-state index in [0.717, 1.165) is 19.3 Å². The van der Waals surface area contributed by atoms with Gasteiger partial charge in [-0.15, -0.1) is 0 Å². The molecule has 2 nitrogen and oxygen atoms in total. The van der Waals surface area contributed by atoms with Gasteiger partial charge in [-0.25, -0.2) is 0 Å². The highest BCUT2D eigenvalue weighted by Gasteiger charge is 2.16. The number of rotatable bonds is 7. The Hall–Kier alpha value is -0.123. The van der Waals surface area contributed by atoms with Gasteiger partial charge in [0.1, 0.15) is 0 Å². The first-order valence-electron chi connectivity index (χ1n) is 4.98. The Morgan fingerprint density at radius 3 is 2.15 bits per heavy atom. The zero-order valence-corrected chi connectivity index (χ0v) is 10.2. The fourth-order valence-electron chi connectivity index (χ4n) is 1.14. The van der Waals surface area contributed by atoms with Gasteiger partial charge in [-0.1, -0.05) is 19.1 Å². The van der Waals surface area contributed by atoms with Crippen molar-refractivity contribution in [2.24, 2.45) is 5.92 Å². The van der Waals surface area contributed by atoms with E-state index in [1.807, 2.05) is 20.8 Å². The van der Waals surface area contributed by atoms with Crippen LogP contribution >= 0.6 is 0 Å². The SMILES string of the molecule is CC=CC(C)C[Si](OCC)OCC. The average molecular weight is 201 g/mol. The van der Waals surface area contributed by atoms with Crippen LogP contribution in [-0.4, -0.2) is 22.5 Å². The van der Waals surface area contributed by atoms with Crippen molar-refractivity contribution in [3.8, 4) is 0 Å². The Morgan fingerprint density at radius 1 is 1.23 bits per heavy atom. The summed E-state index contributed by atoms with van der Waals surface area (Å²) in [7, 11) is -1.02. The van der Waals surface area contributed by atoms with Gasteiger partial charge in [0.25, 0.3) is 0 Å². The Bertz CT molecular complexity index is 131. The number of allylic oxidation sites excluding steroid dienone is 2. The Morgan fingerprint density at radius 2 is 1.77 bits per heavy atom. The van der Waals surface area contributed by atoms with Crippen molar-refractivity contribution in [3.05, 3.63) is 12.2 Å². The van der Waals surface area contributed by atoms with E-state index in [9.17, 15) is 0 Å². The summed E-state index contributed by atoms with van der Waals surface area (Å²) in [6.45, 7) is 9.80. The van der Waals surface area contributed by atoms with Gasteiger partial charge in [0.05, 0.1) is 0 Å². The first kappa shape index (κ1) is 12.9. The highest BCUT2D eigenvalue weighted by atomic mass is 28.3. The minimum absolute atomic E-state index is 0.567. The molecule has 0 fully saturated rings. The second-order valence-electron chi connectivity index (χ2n) is 2.95. The molecule has 1 radical (unpaired) electrons. The summed E-state index contributed by atoms with van der Waals surface area (Å²) in [4.78, 5) is 0. The first-order chi connectivity index (χ1) is 6.24. The summed E-state index contributed by atoms with van der Waals surface area (Å²) in [5, 5.41) is 0. The van der Waals surface area contributed by atoms with Crippen LogP contribution in [0.1, 0.15) is 27.7 Å². The molecule has 0 saturated carbocycles. The molecular formula is C10H21O2Si. The van der Waals surface area contributed by atoms with E-state index in [1.165, 1.54) is 0 Å². The predicted molar refractivity (Wildman–Crippen MR) is 57.8 cm³/mol. The van der Waals surface area contributed by atoms with Crippen molar-refractivity contribution in [1.82, 2.24) is 0 Å². The number of hydrogen-bond donors (Lipinski definition) is 0. The van der Waals surface area contributed by atoms with Crippen LogP contribution in [0.5, 0.6) is 0 Å². The summed E-state index contributed by atoms with van der Waals surface area (Å²) >= 11 is 0. The summed E-state index contributed by atoms with van der Waals surface area (Å²) in [6.07, 6.45) is 4.28. The van der Waals surface area contributed by atoms with Gasteiger partial charge in [-0.3, -0.25) is 0 Å². The zero-order chi connectivity index (χ0) is 10.1. The van der Waals surface area contributed by atoms with Gasteiger partial charge in [-0.05, 0) is 32.7 Å². The van der Waals surface area contributed by atoms with Gasteiger partial charge in [0.15, 0.2) is 0 Å². The summed E-state index contributed by atoms with van der Waals surface area (Å²) in [5.41, 5.74) is 0. The van der Waals surface area contributed by atoms with Crippen LogP contribution in [0.2, 0.25) is 6.04 Å². The van der Waals surface area contributed by atoms with E-state index in [2.05, 4.69) is 19.1 Å². The Labute approximate surface area is 83.8 Å². The van der Waals surface area contributed by atoms with E-state index in [4.69, 9.17) is 8.85 Å². The Balaban J connectivity index is 3.78. The first-order valence-corrected chi connectivity index (χ1v) is 6.51. The summed E-state index contributed by atoms with van der Waals surface area (Å²) in [6, 6.07) is 1.04. The summed E-state index contributed by atoms with van der Waals surface area (Å²) < 4.78 is 11.1. The predicted octanol–water partition coefficient (Wildman–Crippen LogP) is 2.76. The van der Waals surface area contributed by atoms with E-state index in [0.29, 0.717) is 5.92 Å². The molecule has 3 heteroatoms. The van der Waals surface area contributed by atoms with E-state index in [-0.39, 0.29) is 0 Å². The highest BCUT2D eigenvalue weighted by molar-refractivity contribution is 6.44. The van der Waals surface area contributed by atoms with Crippen LogP contribution < -0.4 is 0 Å². The molecule has 0 heterocycles. The quantitative estimate of drug-likeness (QED) is 0.466. The maximum atomic E-state index is 5.55. The second kappa shape index (κ2) is 8.47. The van der Waals surface area contributed by atoms with Gasteiger partial charge in [0, 0.05) is 13.2 Å². The third kappa shape index (κ3) is 6.99. The van der Waals surface area contributed by atoms with E-state index in [1.54, 1.807) is 0 Å². The molecule has 0 aromatic carbocycles. The molecule has 0 aliphatic rings. The third-order valence-electron chi connectivity index (χ3n) is 1.62. The van der Waals surface area contributed by atoms with Crippen molar-refractivity contribution in [1.29, 1.82) is 0 Å². The van der Waals surface area contributed by atoms with Crippen LogP contribution in [0, 0.1) is 5.92 Å². The largest absolute Gasteiger partial charge is 0.394 e. The summed E-state index contributed by atoms with van der Waals surface area (Å²) in [5.74, 6) is 0.567. The standard InChI is InChI=1S/C10H21O2Si/c1-5-8-10(4)9-13(11-6-2)12-7-3/h5,8,10H,6-7,9H2,1-4H3. The monoisotopic (exact) mass is 201 g/mol. The maximum absolute atomic E-state index is 5.55. The molecular weight excluding hydrogens is 180 g/mol. The molecule has 0 N–H and O–H groups in total. The maximum Gasteiger partial charge on any atom is 0.385 e. The Kier molecular flexibility index (Phi) is 8.39. The van der Waals surface area contributed by atoms with Crippen LogP contribution in [0.3, 0.4) is 0 Å². The van der Waals surface area contributed by atoms with E-state index >= 15 is 0 Å². The second-order valence-corrected chi connectivity index (χ2v) is 4.67. The third-order valence-corrected chi connectivity index (χ3v) is 3.82. The fourth-order valence-corrected chi connectivity index (χ4v) is 2.77. The molecule has 0 aliphatic heterocycles. The molecule has 0 rings (SSSR count). The molecule has 1 unspecified atom stereocenters. The van der Waals surface area contributed by atoms with Gasteiger partial charge in [0.2, 0.25) is 0 Å². The smallest absolute Gasteiger partial charge is 0.385 e. The van der Waals surface area contributed by atoms with Crippen molar-refractivity contribution in [3.63, 3.8) is 0 Å². The lowest BCUT2D eigenvalue weighted by Crippen LogP contribution is -2.24. The van der Waals surface area contributed by atoms with Crippen molar-refractivity contribution in [2.45, 2.75) is 33.7 Å². The topological polar surface area (TPSA) is 18.5 Å². The lowest BCUT2D eigenvalue weighted by atomic mass is 10.2. The highest BCUT2D eigenvalue weighted by Crippen LogP contribution is 2.10. The lowest BCUT2D eigenvalue weighted by Gasteiger charge is -2.15. The molecule has 13 heavy (non-hydrogen) atoms. The molecule has 0 amide bonds. The minimum Gasteiger partial charge on any atom is -0.394 e. The van der Waals surface area contributed by atoms with Gasteiger partial charge < -0.3 is 8.85 Å². The lowest BCUT2D eigenvalue weighted by molar-refractivity contribution is 0.211. The van der Waals surface area contributed by atoms with Crippen molar-refractivity contribution >= 4 is 9.28 Å². The minimum atomic E-state index is -1.02. The molecule has 0 bridgehead atoms. The van der Waals surface area contributed by atoms with Gasteiger partial charge in [-0.2, -0.15) is 0 Å². The molecule has 0 aliphatic carbocycles. The van der Waals surface area contributed by atoms with Crippen LogP contribution in [0.4, 0.5) is 0 Å². The van der Waals surface area contributed by atoms with Gasteiger partial charge >= 0.3 is 9.28 Å². The molecule has 0 spiro atoms. The van der Waals surface area contributed by atoms with E-state index < -0.39 is 9.28 Å². The molecule has 0 aromatic rings. The van der Waals surface area contributed by atoms with Crippen LogP contribution in [-0.2, 0) is 8.85 Å². The average Bonchev–Trinajstić information content (AvgIpc) is 2.05. The van der Waals surface area contributed by atoms with Crippen LogP contribution in [0.15, 0.2) is 12.2 Å². The van der Waals surface area contributed by atoms with Crippen molar-refractivity contribution < 1.29 is 8.85 Å². The molecule has 1 atom stereocenters. The van der Waals surface area contributed by atoms with Crippen molar-refractivity contribution in [2.75, 3.05) is 13.2 Å². The molecule has 0 saturated heterocycles. The van der Waals surface area contributed by atoms with Crippen LogP contribution in [0.25, 0.3) is 0 Å². The number of hydrogen-bond acceptors (Lipinski definition) is 2. The normalized spacial score (nSPS) is 14.2. The fraction of sp³-hybridized carbons (Fsp3) is 0.800.